The zero-order valence-corrected chi connectivity index (χ0v) is 19.8. The van der Waals surface area contributed by atoms with Crippen molar-refractivity contribution in [3.8, 4) is 17.1 Å². The van der Waals surface area contributed by atoms with Gasteiger partial charge in [-0.25, -0.2) is 19.5 Å². The van der Waals surface area contributed by atoms with Gasteiger partial charge in [-0.2, -0.15) is 18.3 Å². The van der Waals surface area contributed by atoms with Gasteiger partial charge < -0.3 is 14.6 Å². The number of benzene rings is 1. The number of aromatic amines is 1. The molecular formula is C24H22F4N6O3. The SMILES string of the molecule is COc1cnc(-c2cc3ccn(CCCC(C)Nc4cn[nH]c(=O)c4C(F)(F)F)c(=O)c3cc2F)nc1. The Hall–Kier alpha value is -4.29. The van der Waals surface area contributed by atoms with Crippen molar-refractivity contribution in [3.05, 3.63) is 75.1 Å². The van der Waals surface area contributed by atoms with E-state index in [2.05, 4.69) is 20.4 Å². The molecule has 1 unspecified atom stereocenters. The maximum atomic E-state index is 14.8. The van der Waals surface area contributed by atoms with Gasteiger partial charge in [0.2, 0.25) is 0 Å². The molecule has 0 saturated heterocycles. The average Bonchev–Trinajstić information content (AvgIpc) is 2.85. The molecule has 0 saturated carbocycles. The van der Waals surface area contributed by atoms with E-state index < -0.39 is 40.4 Å². The van der Waals surface area contributed by atoms with E-state index in [9.17, 15) is 27.2 Å². The minimum atomic E-state index is -4.84. The van der Waals surface area contributed by atoms with Gasteiger partial charge in [-0.3, -0.25) is 9.59 Å². The quantitative estimate of drug-likeness (QED) is 0.339. The summed E-state index contributed by atoms with van der Waals surface area (Å²) in [7, 11) is 1.46. The van der Waals surface area contributed by atoms with E-state index in [4.69, 9.17) is 4.74 Å². The number of nitrogens with one attached hydrogen (secondary N) is 2. The number of halogens is 4. The number of fused-ring (bicyclic) bond motifs is 1. The van der Waals surface area contributed by atoms with Crippen LogP contribution >= 0.6 is 0 Å². The van der Waals surface area contributed by atoms with Crippen LogP contribution in [0.2, 0.25) is 0 Å². The first kappa shape index (κ1) is 25.8. The molecule has 0 aliphatic carbocycles. The third kappa shape index (κ3) is 5.60. The molecule has 37 heavy (non-hydrogen) atoms. The maximum absolute atomic E-state index is 14.8. The molecule has 0 amide bonds. The Balaban J connectivity index is 1.47. The normalized spacial score (nSPS) is 12.5. The second kappa shape index (κ2) is 10.4. The summed E-state index contributed by atoms with van der Waals surface area (Å²) >= 11 is 0. The molecule has 0 aliphatic rings. The lowest BCUT2D eigenvalue weighted by Crippen LogP contribution is -2.27. The number of anilines is 1. The van der Waals surface area contributed by atoms with E-state index >= 15 is 0 Å². The smallest absolute Gasteiger partial charge is 0.423 e. The first-order valence-corrected chi connectivity index (χ1v) is 11.2. The standard InChI is InChI=1S/C24H22F4N6O3/c1-13(32-19-12-31-33-22(35)20(19)24(26,27)28)4-3-6-34-7-5-14-8-17(18(25)9-16(14)23(34)36)21-29-10-15(37-2)11-30-21/h5,7-13H,3-4,6H2,1-2H3,(H2,32,33,35). The van der Waals surface area contributed by atoms with Crippen molar-refractivity contribution in [2.75, 3.05) is 12.4 Å². The van der Waals surface area contributed by atoms with E-state index in [0.717, 1.165) is 12.3 Å². The average molecular weight is 518 g/mol. The topological polar surface area (TPSA) is 115 Å². The molecule has 1 aromatic carbocycles. The van der Waals surface area contributed by atoms with Crippen molar-refractivity contribution in [1.82, 2.24) is 24.7 Å². The van der Waals surface area contributed by atoms with Crippen molar-refractivity contribution < 1.29 is 22.3 Å². The van der Waals surface area contributed by atoms with Gasteiger partial charge in [0, 0.05) is 18.8 Å². The van der Waals surface area contributed by atoms with Gasteiger partial charge >= 0.3 is 6.18 Å². The highest BCUT2D eigenvalue weighted by molar-refractivity contribution is 5.86. The number of aryl methyl sites for hydroxylation is 1. The number of nitrogens with zero attached hydrogens (tertiary/aromatic N) is 4. The number of aromatic nitrogens is 5. The number of H-pyrrole nitrogens is 1. The lowest BCUT2D eigenvalue weighted by atomic mass is 10.1. The summed E-state index contributed by atoms with van der Waals surface area (Å²) in [5.74, 6) is -0.0836. The Morgan fingerprint density at radius 3 is 2.57 bits per heavy atom. The van der Waals surface area contributed by atoms with Crippen LogP contribution in [0, 0.1) is 5.82 Å². The van der Waals surface area contributed by atoms with Gasteiger partial charge in [0.05, 0.1) is 42.3 Å². The lowest BCUT2D eigenvalue weighted by Gasteiger charge is -2.18. The molecule has 4 aromatic rings. The molecule has 3 aromatic heterocycles. The van der Waals surface area contributed by atoms with Crippen LogP contribution in [0.5, 0.6) is 5.75 Å². The molecule has 2 N–H and O–H groups in total. The number of hydrogen-bond acceptors (Lipinski definition) is 7. The Morgan fingerprint density at radius 2 is 1.89 bits per heavy atom. The predicted molar refractivity (Wildman–Crippen MR) is 128 cm³/mol. The van der Waals surface area contributed by atoms with Gasteiger partial charge in [-0.1, -0.05) is 0 Å². The van der Waals surface area contributed by atoms with E-state index in [1.807, 2.05) is 0 Å². The molecule has 9 nitrogen and oxygen atoms in total. The number of methoxy groups -OCH3 is 1. The molecule has 4 rings (SSSR count). The van der Waals surface area contributed by atoms with Crippen molar-refractivity contribution in [1.29, 1.82) is 0 Å². The highest BCUT2D eigenvalue weighted by Gasteiger charge is 2.37. The van der Waals surface area contributed by atoms with Crippen LogP contribution in [-0.4, -0.2) is 37.9 Å². The monoisotopic (exact) mass is 518 g/mol. The van der Waals surface area contributed by atoms with Crippen LogP contribution < -0.4 is 21.2 Å². The summed E-state index contributed by atoms with van der Waals surface area (Å²) in [5, 5.41) is 8.56. The molecule has 194 valence electrons. The number of rotatable bonds is 8. The molecule has 0 spiro atoms. The maximum Gasteiger partial charge on any atom is 0.423 e. The van der Waals surface area contributed by atoms with Gasteiger partial charge in [0.1, 0.15) is 11.4 Å². The van der Waals surface area contributed by atoms with E-state index in [1.54, 1.807) is 24.3 Å². The van der Waals surface area contributed by atoms with Crippen molar-refractivity contribution in [2.45, 2.75) is 38.5 Å². The van der Waals surface area contributed by atoms with Crippen LogP contribution in [0.1, 0.15) is 25.3 Å². The van der Waals surface area contributed by atoms with Crippen LogP contribution in [0.25, 0.3) is 22.2 Å². The van der Waals surface area contributed by atoms with Crippen molar-refractivity contribution >= 4 is 16.5 Å². The number of alkyl halides is 3. The molecule has 0 aliphatic heterocycles. The zero-order valence-electron chi connectivity index (χ0n) is 19.8. The van der Waals surface area contributed by atoms with Crippen molar-refractivity contribution in [3.63, 3.8) is 0 Å². The second-order valence-electron chi connectivity index (χ2n) is 8.35. The lowest BCUT2D eigenvalue weighted by molar-refractivity contribution is -0.138. The number of hydrogen-bond donors (Lipinski definition) is 2. The van der Waals surface area contributed by atoms with Gasteiger partial charge in [0.15, 0.2) is 11.6 Å². The summed E-state index contributed by atoms with van der Waals surface area (Å²) in [4.78, 5) is 32.7. The molecular weight excluding hydrogens is 496 g/mol. The Labute approximate surface area is 207 Å². The fourth-order valence-corrected chi connectivity index (χ4v) is 3.91. The fraction of sp³-hybridized carbons (Fsp3) is 0.292. The summed E-state index contributed by atoms with van der Waals surface area (Å²) < 4.78 is 60.9. The molecule has 1 atom stereocenters. The first-order chi connectivity index (χ1) is 17.6. The Morgan fingerprint density at radius 1 is 1.16 bits per heavy atom. The van der Waals surface area contributed by atoms with Crippen LogP contribution in [-0.2, 0) is 12.7 Å². The molecule has 13 heteroatoms. The van der Waals surface area contributed by atoms with Gasteiger partial charge in [-0.05, 0) is 43.4 Å². The first-order valence-electron chi connectivity index (χ1n) is 11.2. The molecule has 0 radical (unpaired) electrons. The molecule has 0 bridgehead atoms. The number of ether oxygens (including phenoxy) is 1. The van der Waals surface area contributed by atoms with Crippen molar-refractivity contribution in [2.24, 2.45) is 0 Å². The van der Waals surface area contributed by atoms with E-state index in [0.29, 0.717) is 24.0 Å². The molecule has 0 fully saturated rings. The highest BCUT2D eigenvalue weighted by atomic mass is 19.4. The molecule has 3 heterocycles. The predicted octanol–water partition coefficient (Wildman–Crippen LogP) is 3.99. The van der Waals surface area contributed by atoms with Gasteiger partial charge in [0.25, 0.3) is 11.1 Å². The minimum Gasteiger partial charge on any atom is -0.494 e. The Bertz CT molecular complexity index is 1530. The third-order valence-electron chi connectivity index (χ3n) is 5.75. The van der Waals surface area contributed by atoms with Crippen LogP contribution in [0.15, 0.2) is 52.6 Å². The van der Waals surface area contributed by atoms with Gasteiger partial charge in [-0.15, -0.1) is 0 Å². The fourth-order valence-electron chi connectivity index (χ4n) is 3.91. The zero-order chi connectivity index (χ0) is 26.7. The summed E-state index contributed by atoms with van der Waals surface area (Å²) in [6, 6.07) is 3.85. The summed E-state index contributed by atoms with van der Waals surface area (Å²) in [6.07, 6.45) is 1.28. The van der Waals surface area contributed by atoms with Crippen LogP contribution in [0.4, 0.5) is 23.2 Å². The third-order valence-corrected chi connectivity index (χ3v) is 5.75. The second-order valence-corrected chi connectivity index (χ2v) is 8.35. The summed E-state index contributed by atoms with van der Waals surface area (Å²) in [6.45, 7) is 1.91. The highest BCUT2D eigenvalue weighted by Crippen LogP contribution is 2.32. The van der Waals surface area contributed by atoms with E-state index in [-0.39, 0.29) is 23.3 Å². The number of pyridine rings is 1. The minimum absolute atomic E-state index is 0.139. The summed E-state index contributed by atoms with van der Waals surface area (Å²) in [5.41, 5.74) is -3.36. The van der Waals surface area contributed by atoms with Crippen LogP contribution in [0.3, 0.4) is 0 Å². The largest absolute Gasteiger partial charge is 0.494 e. The Kier molecular flexibility index (Phi) is 7.23. The van der Waals surface area contributed by atoms with E-state index in [1.165, 1.54) is 30.1 Å².